The Kier molecular flexibility index (Phi) is 1.88. The van der Waals surface area contributed by atoms with Gasteiger partial charge in [-0.3, -0.25) is 4.90 Å². The summed E-state index contributed by atoms with van der Waals surface area (Å²) in [5.41, 5.74) is 0. The van der Waals surface area contributed by atoms with E-state index in [4.69, 9.17) is 4.74 Å². The van der Waals surface area contributed by atoms with Crippen molar-refractivity contribution in [3.05, 3.63) is 0 Å². The molecule has 0 aromatic carbocycles. The van der Waals surface area contributed by atoms with Crippen LogP contribution >= 0.6 is 0 Å². The van der Waals surface area contributed by atoms with Crippen LogP contribution in [0.3, 0.4) is 0 Å². The van der Waals surface area contributed by atoms with Gasteiger partial charge in [-0.15, -0.1) is 0 Å². The van der Waals surface area contributed by atoms with Crippen LogP contribution in [0.1, 0.15) is 0 Å². The van der Waals surface area contributed by atoms with Crippen LogP contribution in [0.4, 0.5) is 0 Å². The molecule has 3 heteroatoms. The molecule has 1 unspecified atom stereocenters. The summed E-state index contributed by atoms with van der Waals surface area (Å²) in [6.45, 7) is 6.43. The predicted octanol–water partition coefficient (Wildman–Crippen LogP) is -0.695. The summed E-state index contributed by atoms with van der Waals surface area (Å²) in [5, 5.41) is 4.27. The Balaban J connectivity index is 1.69. The molecule has 2 aliphatic heterocycles. The lowest BCUT2D eigenvalue weighted by Crippen LogP contribution is -2.41. The Labute approximate surface area is 61.3 Å². The Morgan fingerprint density at radius 3 is 2.70 bits per heavy atom. The molecule has 2 aliphatic rings. The predicted molar refractivity (Wildman–Crippen MR) is 38.0 cm³/mol. The molecule has 0 aromatic heterocycles. The van der Waals surface area contributed by atoms with Crippen LogP contribution in [0.25, 0.3) is 0 Å². The van der Waals surface area contributed by atoms with Crippen LogP contribution in [0.15, 0.2) is 0 Å². The van der Waals surface area contributed by atoms with E-state index in [1.807, 2.05) is 0 Å². The summed E-state index contributed by atoms with van der Waals surface area (Å²) in [4.78, 5) is 2.44. The van der Waals surface area contributed by atoms with Crippen molar-refractivity contribution in [2.45, 2.75) is 6.10 Å². The van der Waals surface area contributed by atoms with Crippen molar-refractivity contribution < 1.29 is 4.74 Å². The molecule has 2 fully saturated rings. The van der Waals surface area contributed by atoms with E-state index in [-0.39, 0.29) is 0 Å². The number of hydrogen-bond acceptors (Lipinski definition) is 2. The van der Waals surface area contributed by atoms with Gasteiger partial charge in [-0.2, -0.15) is 0 Å². The van der Waals surface area contributed by atoms with Gasteiger partial charge < -0.3 is 4.74 Å². The van der Waals surface area contributed by atoms with E-state index in [2.05, 4.69) is 10.2 Å². The van der Waals surface area contributed by atoms with E-state index in [0.717, 1.165) is 39.3 Å². The molecule has 0 saturated carbocycles. The molecular formula is C7H13N2O. The van der Waals surface area contributed by atoms with Gasteiger partial charge in [0.25, 0.3) is 0 Å². The van der Waals surface area contributed by atoms with E-state index in [1.165, 1.54) is 0 Å². The highest BCUT2D eigenvalue weighted by Gasteiger charge is 2.25. The summed E-state index contributed by atoms with van der Waals surface area (Å²) in [6, 6.07) is 0. The molecule has 2 heterocycles. The smallest absolute Gasteiger partial charge is 0.0936 e. The zero-order chi connectivity index (χ0) is 6.81. The van der Waals surface area contributed by atoms with Gasteiger partial charge >= 0.3 is 0 Å². The van der Waals surface area contributed by atoms with Gasteiger partial charge in [-0.05, 0) is 0 Å². The molecule has 1 radical (unpaired) electrons. The van der Waals surface area contributed by atoms with E-state index in [9.17, 15) is 0 Å². The second-order valence-corrected chi connectivity index (χ2v) is 2.93. The van der Waals surface area contributed by atoms with E-state index < -0.39 is 0 Å². The Bertz CT molecular complexity index is 108. The average Bonchev–Trinajstić information content (AvgIpc) is 2.74. The molecular weight excluding hydrogens is 128 g/mol. The van der Waals surface area contributed by atoms with Crippen molar-refractivity contribution in [3.8, 4) is 0 Å². The van der Waals surface area contributed by atoms with Gasteiger partial charge in [0.15, 0.2) is 0 Å². The van der Waals surface area contributed by atoms with Gasteiger partial charge in [0.1, 0.15) is 0 Å². The minimum absolute atomic E-state index is 0.554. The van der Waals surface area contributed by atoms with Crippen molar-refractivity contribution in [2.24, 2.45) is 0 Å². The highest BCUT2D eigenvalue weighted by Crippen LogP contribution is 2.10. The molecule has 0 aliphatic carbocycles. The standard InChI is InChI=1S/C7H13N2O/c1-3-9(4-2-8-1)5-7-6-10-7/h7H,1-6H2. The zero-order valence-corrected chi connectivity index (χ0v) is 6.12. The van der Waals surface area contributed by atoms with Gasteiger partial charge in [0.2, 0.25) is 0 Å². The molecule has 0 amide bonds. The number of epoxide rings is 1. The third-order valence-electron chi connectivity index (χ3n) is 2.01. The summed E-state index contributed by atoms with van der Waals surface area (Å²) in [5.74, 6) is 0. The SMILES string of the molecule is C1CN(CC2CO2)CC[N]1. The lowest BCUT2D eigenvalue weighted by atomic mass is 10.3. The number of hydrogen-bond donors (Lipinski definition) is 0. The van der Waals surface area contributed by atoms with Crippen molar-refractivity contribution in [3.63, 3.8) is 0 Å². The first-order valence-corrected chi connectivity index (χ1v) is 3.92. The molecule has 10 heavy (non-hydrogen) atoms. The molecule has 3 nitrogen and oxygen atoms in total. The molecule has 0 bridgehead atoms. The number of ether oxygens (including phenoxy) is 1. The van der Waals surface area contributed by atoms with Crippen LogP contribution < -0.4 is 5.32 Å². The molecule has 0 N–H and O–H groups in total. The summed E-state index contributed by atoms with van der Waals surface area (Å²) in [6.07, 6.45) is 0.554. The minimum atomic E-state index is 0.554. The quantitative estimate of drug-likeness (QED) is 0.476. The monoisotopic (exact) mass is 141 g/mol. The maximum atomic E-state index is 5.14. The fourth-order valence-electron chi connectivity index (χ4n) is 1.29. The molecule has 0 spiro atoms. The van der Waals surface area contributed by atoms with Crippen LogP contribution in [-0.4, -0.2) is 50.3 Å². The fourth-order valence-corrected chi connectivity index (χ4v) is 1.29. The number of piperazine rings is 1. The summed E-state index contributed by atoms with van der Waals surface area (Å²) >= 11 is 0. The average molecular weight is 141 g/mol. The number of rotatable bonds is 2. The van der Waals surface area contributed by atoms with Gasteiger partial charge in [0.05, 0.1) is 12.7 Å². The van der Waals surface area contributed by atoms with Crippen LogP contribution in [0, 0.1) is 0 Å². The molecule has 57 valence electrons. The highest BCUT2D eigenvalue weighted by molar-refractivity contribution is 4.77. The highest BCUT2D eigenvalue weighted by atomic mass is 16.6. The van der Waals surface area contributed by atoms with Crippen LogP contribution in [-0.2, 0) is 4.74 Å². The second-order valence-electron chi connectivity index (χ2n) is 2.93. The maximum absolute atomic E-state index is 5.14. The van der Waals surface area contributed by atoms with E-state index >= 15 is 0 Å². The lowest BCUT2D eigenvalue weighted by molar-refractivity contribution is 0.215. The van der Waals surface area contributed by atoms with Gasteiger partial charge in [0, 0.05) is 32.7 Å². The molecule has 1 atom stereocenters. The summed E-state index contributed by atoms with van der Waals surface area (Å²) < 4.78 is 5.14. The van der Waals surface area contributed by atoms with Crippen LogP contribution in [0.5, 0.6) is 0 Å². The third-order valence-corrected chi connectivity index (χ3v) is 2.01. The summed E-state index contributed by atoms with van der Waals surface area (Å²) in [7, 11) is 0. The maximum Gasteiger partial charge on any atom is 0.0936 e. The first-order valence-electron chi connectivity index (χ1n) is 3.92. The topological polar surface area (TPSA) is 29.9 Å². The van der Waals surface area contributed by atoms with Crippen LogP contribution in [0.2, 0.25) is 0 Å². The van der Waals surface area contributed by atoms with E-state index in [1.54, 1.807) is 0 Å². The van der Waals surface area contributed by atoms with Crippen molar-refractivity contribution >= 4 is 0 Å². The van der Waals surface area contributed by atoms with E-state index in [0.29, 0.717) is 6.10 Å². The Morgan fingerprint density at radius 2 is 2.10 bits per heavy atom. The van der Waals surface area contributed by atoms with Crippen molar-refractivity contribution in [1.29, 1.82) is 0 Å². The van der Waals surface area contributed by atoms with Crippen molar-refractivity contribution in [1.82, 2.24) is 10.2 Å². The minimum Gasteiger partial charge on any atom is -0.372 e. The second kappa shape index (κ2) is 2.86. The Morgan fingerprint density at radius 1 is 1.40 bits per heavy atom. The first-order chi connectivity index (χ1) is 4.95. The van der Waals surface area contributed by atoms with Gasteiger partial charge in [-0.25, -0.2) is 5.32 Å². The molecule has 2 saturated heterocycles. The molecule has 0 aromatic rings. The normalized spacial score (nSPS) is 34.2. The third kappa shape index (κ3) is 1.68. The fraction of sp³-hybridized carbons (Fsp3) is 1.00. The Hall–Kier alpha value is -0.120. The van der Waals surface area contributed by atoms with Gasteiger partial charge in [-0.1, -0.05) is 0 Å². The van der Waals surface area contributed by atoms with Crippen molar-refractivity contribution in [2.75, 3.05) is 39.3 Å². The molecule has 2 rings (SSSR count). The largest absolute Gasteiger partial charge is 0.372 e. The lowest BCUT2D eigenvalue weighted by Gasteiger charge is -2.25. The zero-order valence-electron chi connectivity index (χ0n) is 6.12. The number of nitrogens with zero attached hydrogens (tertiary/aromatic N) is 2. The first kappa shape index (κ1) is 6.58.